The predicted molar refractivity (Wildman–Crippen MR) is 105 cm³/mol. The number of fused-ring (bicyclic) bond motifs is 1. The second kappa shape index (κ2) is 7.35. The summed E-state index contributed by atoms with van der Waals surface area (Å²) in [5, 5.41) is 11.4. The highest BCUT2D eigenvalue weighted by atomic mass is 35.5. The summed E-state index contributed by atoms with van der Waals surface area (Å²) < 4.78 is 33.1. The number of hydrogen-bond donors (Lipinski definition) is 3. The number of ether oxygens (including phenoxy) is 1. The van der Waals surface area contributed by atoms with Gasteiger partial charge in [-0.25, -0.2) is 17.9 Å². The minimum atomic E-state index is -4.04. The molecule has 0 bridgehead atoms. The summed E-state index contributed by atoms with van der Waals surface area (Å²) >= 11 is 12.1. The lowest BCUT2D eigenvalue weighted by Crippen LogP contribution is -2.46. The van der Waals surface area contributed by atoms with Crippen molar-refractivity contribution in [3.05, 3.63) is 50.6 Å². The number of aliphatic hydroxyl groups is 1. The number of halogens is 2. The molecule has 0 amide bonds. The maximum atomic E-state index is 12.8. The van der Waals surface area contributed by atoms with E-state index in [-0.39, 0.29) is 28.6 Å². The van der Waals surface area contributed by atoms with E-state index in [4.69, 9.17) is 27.9 Å². The van der Waals surface area contributed by atoms with E-state index < -0.39 is 27.6 Å². The molecule has 0 aliphatic heterocycles. The van der Waals surface area contributed by atoms with Crippen LogP contribution < -0.4 is 4.72 Å². The first-order valence-electron chi connectivity index (χ1n) is 8.57. The molecule has 7 nitrogen and oxygen atoms in total. The number of aryl methyl sites for hydroxylation is 1. The van der Waals surface area contributed by atoms with E-state index in [0.717, 1.165) is 0 Å². The molecule has 1 aromatic carbocycles. The van der Waals surface area contributed by atoms with Gasteiger partial charge >= 0.3 is 5.97 Å². The number of carbonyl (C=O) groups excluding carboxylic acids is 1. The molecule has 10 heteroatoms. The molecule has 1 aromatic heterocycles. The van der Waals surface area contributed by atoms with Gasteiger partial charge in [-0.05, 0) is 56.5 Å². The number of aromatic nitrogens is 1. The summed E-state index contributed by atoms with van der Waals surface area (Å²) in [6.07, 6.45) is 0.239. The van der Waals surface area contributed by atoms with Crippen LogP contribution in [-0.4, -0.2) is 37.1 Å². The van der Waals surface area contributed by atoms with Crippen LogP contribution in [0.1, 0.15) is 41.0 Å². The average molecular weight is 447 g/mol. The van der Waals surface area contributed by atoms with Gasteiger partial charge in [-0.1, -0.05) is 23.2 Å². The van der Waals surface area contributed by atoms with Gasteiger partial charge in [0.05, 0.1) is 28.3 Å². The van der Waals surface area contributed by atoms with Crippen molar-refractivity contribution in [1.82, 2.24) is 9.71 Å². The van der Waals surface area contributed by atoms with E-state index in [1.54, 1.807) is 26.0 Å². The highest BCUT2D eigenvalue weighted by Crippen LogP contribution is 2.41. The van der Waals surface area contributed by atoms with Gasteiger partial charge in [0, 0.05) is 5.69 Å². The van der Waals surface area contributed by atoms with Crippen LogP contribution in [0.2, 0.25) is 10.0 Å². The van der Waals surface area contributed by atoms with Gasteiger partial charge < -0.3 is 14.8 Å². The molecule has 1 heterocycles. The predicted octanol–water partition coefficient (Wildman–Crippen LogP) is 2.92. The molecule has 2 aromatic rings. The van der Waals surface area contributed by atoms with Crippen molar-refractivity contribution in [2.45, 2.75) is 43.9 Å². The molecule has 1 aliphatic carbocycles. The number of rotatable bonds is 5. The molecule has 0 saturated heterocycles. The lowest BCUT2D eigenvalue weighted by atomic mass is 9.96. The number of benzene rings is 1. The number of sulfonamides is 1. The second-order valence-corrected chi connectivity index (χ2v) is 9.34. The van der Waals surface area contributed by atoms with Crippen molar-refractivity contribution in [1.29, 1.82) is 0 Å². The van der Waals surface area contributed by atoms with Crippen LogP contribution in [0.3, 0.4) is 0 Å². The van der Waals surface area contributed by atoms with Gasteiger partial charge in [0.15, 0.2) is 0 Å². The van der Waals surface area contributed by atoms with Crippen molar-refractivity contribution in [2.75, 3.05) is 6.61 Å². The van der Waals surface area contributed by atoms with Gasteiger partial charge in [-0.2, -0.15) is 0 Å². The fourth-order valence-corrected chi connectivity index (χ4v) is 5.06. The first-order chi connectivity index (χ1) is 13.0. The Labute approximate surface area is 173 Å². The van der Waals surface area contributed by atoms with Crippen molar-refractivity contribution in [3.63, 3.8) is 0 Å². The van der Waals surface area contributed by atoms with Crippen LogP contribution >= 0.6 is 23.2 Å². The summed E-state index contributed by atoms with van der Waals surface area (Å²) in [5.41, 5.74) is 0.259. The Bertz CT molecular complexity index is 1050. The van der Waals surface area contributed by atoms with Crippen molar-refractivity contribution in [3.8, 4) is 0 Å². The zero-order valence-corrected chi connectivity index (χ0v) is 17.8. The Morgan fingerprint density at radius 2 is 2.00 bits per heavy atom. The molecule has 3 N–H and O–H groups in total. The number of aromatic amines is 1. The molecule has 28 heavy (non-hydrogen) atoms. The monoisotopic (exact) mass is 446 g/mol. The van der Waals surface area contributed by atoms with E-state index in [1.807, 2.05) is 0 Å². The second-order valence-electron chi connectivity index (χ2n) is 6.84. The van der Waals surface area contributed by atoms with Crippen LogP contribution in [0.5, 0.6) is 0 Å². The Morgan fingerprint density at radius 1 is 1.36 bits per heavy atom. The normalized spacial score (nSPS) is 21.6. The van der Waals surface area contributed by atoms with Crippen LogP contribution in [0.15, 0.2) is 23.2 Å². The number of H-pyrrole nitrogens is 1. The zero-order chi connectivity index (χ0) is 20.9. The standard InChI is InChI=1S/C18H20Cl2N2O5S/c1-4-27-17(23)11-7-16(21-9(11)2)28(25,26)22-15-6-10-5-13(19)14(20)8-12(10)18(15,3)24/h5,7-8,15,21-22,24H,4,6H2,1-3H3. The number of esters is 1. The highest BCUT2D eigenvalue weighted by Gasteiger charge is 2.44. The Balaban J connectivity index is 1.89. The molecular weight excluding hydrogens is 427 g/mol. The third-order valence-electron chi connectivity index (χ3n) is 4.87. The van der Waals surface area contributed by atoms with E-state index in [2.05, 4.69) is 9.71 Å². The number of nitrogens with one attached hydrogen (secondary N) is 2. The van der Waals surface area contributed by atoms with Gasteiger partial charge in [-0.15, -0.1) is 0 Å². The molecule has 2 unspecified atom stereocenters. The van der Waals surface area contributed by atoms with Crippen molar-refractivity contribution < 1.29 is 23.1 Å². The molecule has 0 fully saturated rings. The van der Waals surface area contributed by atoms with Gasteiger partial charge in [0.1, 0.15) is 10.6 Å². The lowest BCUT2D eigenvalue weighted by Gasteiger charge is -2.27. The lowest BCUT2D eigenvalue weighted by molar-refractivity contribution is 0.0355. The smallest absolute Gasteiger partial charge is 0.339 e. The van der Waals surface area contributed by atoms with Crippen molar-refractivity contribution in [2.24, 2.45) is 0 Å². The summed E-state index contributed by atoms with van der Waals surface area (Å²) in [6, 6.07) is 3.56. The first kappa shape index (κ1) is 21.1. The van der Waals surface area contributed by atoms with E-state index >= 15 is 0 Å². The summed E-state index contributed by atoms with van der Waals surface area (Å²) in [5.74, 6) is -0.609. The summed E-state index contributed by atoms with van der Waals surface area (Å²) in [4.78, 5) is 14.6. The Hall–Kier alpha value is -1.58. The molecule has 1 aliphatic rings. The van der Waals surface area contributed by atoms with E-state index in [0.29, 0.717) is 21.8 Å². The van der Waals surface area contributed by atoms with E-state index in [9.17, 15) is 18.3 Å². The molecule has 2 atom stereocenters. The highest BCUT2D eigenvalue weighted by molar-refractivity contribution is 7.89. The van der Waals surface area contributed by atoms with Crippen LogP contribution in [0.4, 0.5) is 0 Å². The maximum absolute atomic E-state index is 12.8. The average Bonchev–Trinajstić information content (AvgIpc) is 3.09. The largest absolute Gasteiger partial charge is 0.462 e. The van der Waals surface area contributed by atoms with Crippen molar-refractivity contribution >= 4 is 39.2 Å². The third-order valence-corrected chi connectivity index (χ3v) is 6.98. The molecular formula is C18H20Cl2N2O5S. The van der Waals surface area contributed by atoms with E-state index in [1.165, 1.54) is 13.0 Å². The minimum Gasteiger partial charge on any atom is -0.462 e. The summed E-state index contributed by atoms with van der Waals surface area (Å²) in [7, 11) is -4.04. The van der Waals surface area contributed by atoms with Gasteiger partial charge in [0.2, 0.25) is 0 Å². The molecule has 3 rings (SSSR count). The summed E-state index contributed by atoms with van der Waals surface area (Å²) in [6.45, 7) is 4.94. The molecule has 0 saturated carbocycles. The quantitative estimate of drug-likeness (QED) is 0.611. The topological polar surface area (TPSA) is 108 Å². The Morgan fingerprint density at radius 3 is 2.64 bits per heavy atom. The fraction of sp³-hybridized carbons (Fsp3) is 0.389. The fourth-order valence-electron chi connectivity index (χ4n) is 3.33. The van der Waals surface area contributed by atoms with Gasteiger partial charge in [-0.3, -0.25) is 0 Å². The maximum Gasteiger partial charge on any atom is 0.339 e. The van der Waals surface area contributed by atoms with Crippen LogP contribution in [0.25, 0.3) is 0 Å². The number of hydrogen-bond acceptors (Lipinski definition) is 5. The Kier molecular flexibility index (Phi) is 5.55. The zero-order valence-electron chi connectivity index (χ0n) is 15.5. The third kappa shape index (κ3) is 3.67. The first-order valence-corrected chi connectivity index (χ1v) is 10.8. The SMILES string of the molecule is CCOC(=O)c1cc(S(=O)(=O)NC2Cc3cc(Cl)c(Cl)cc3C2(C)O)[nH]c1C. The molecule has 0 spiro atoms. The minimum absolute atomic E-state index is 0.141. The molecule has 0 radical (unpaired) electrons. The van der Waals surface area contributed by atoms with Crippen LogP contribution in [0, 0.1) is 6.92 Å². The molecule has 152 valence electrons. The number of carbonyl (C=O) groups is 1. The van der Waals surface area contributed by atoms with Crippen LogP contribution in [-0.2, 0) is 26.8 Å². The van der Waals surface area contributed by atoms with Gasteiger partial charge in [0.25, 0.3) is 10.0 Å².